The Balaban J connectivity index is 3.07. The predicted molar refractivity (Wildman–Crippen MR) is 40.6 cm³/mol. The van der Waals surface area contributed by atoms with Crippen LogP contribution < -0.4 is 11.5 Å². The highest BCUT2D eigenvalue weighted by Crippen LogP contribution is 2.06. The highest BCUT2D eigenvalue weighted by atomic mass is 16.5. The van der Waals surface area contributed by atoms with Crippen molar-refractivity contribution in [1.29, 1.82) is 0 Å². The minimum atomic E-state index is -0.400. The summed E-state index contributed by atoms with van der Waals surface area (Å²) < 4.78 is 4.60. The number of hydrogen-bond donors (Lipinski definition) is 1. The summed E-state index contributed by atoms with van der Waals surface area (Å²) in [7, 11) is 0. The molecule has 1 aromatic heterocycles. The number of nitrogens with zero attached hydrogens (tertiary/aromatic N) is 1. The molecule has 1 heterocycles. The van der Waals surface area contributed by atoms with Crippen molar-refractivity contribution in [3.63, 3.8) is 0 Å². The van der Waals surface area contributed by atoms with Crippen LogP contribution in [0.5, 0.6) is 0 Å². The molecule has 0 aliphatic heterocycles. The highest BCUT2D eigenvalue weighted by Gasteiger charge is 2.03. The van der Waals surface area contributed by atoms with Gasteiger partial charge in [-0.05, 0) is 12.1 Å². The summed E-state index contributed by atoms with van der Waals surface area (Å²) in [5.74, 6) is 5.33. The van der Waals surface area contributed by atoms with E-state index in [1.54, 1.807) is 24.3 Å². The van der Waals surface area contributed by atoms with E-state index in [1.807, 2.05) is 0 Å². The number of fused-ring (bicyclic) bond motifs is 1. The molecule has 0 radical (unpaired) electrons. The van der Waals surface area contributed by atoms with Crippen molar-refractivity contribution in [3.8, 4) is 0 Å². The molecule has 1 aromatic carbocycles. The van der Waals surface area contributed by atoms with Crippen molar-refractivity contribution < 1.29 is 4.52 Å². The summed E-state index contributed by atoms with van der Waals surface area (Å²) in [6, 6.07) is 6.95. The van der Waals surface area contributed by atoms with Gasteiger partial charge in [0.1, 0.15) is 5.52 Å². The fourth-order valence-electron chi connectivity index (χ4n) is 1.03. The number of hydrogen-bond acceptors (Lipinski definition) is 3. The van der Waals surface area contributed by atoms with Crippen LogP contribution in [0.15, 0.2) is 33.6 Å². The lowest BCUT2D eigenvalue weighted by Crippen LogP contribution is -2.06. The number of nitrogen functional groups attached to an aromatic ring is 1. The average molecular weight is 150 g/mol. The SMILES string of the molecule is Nn1oc(=O)c2ccccc21. The van der Waals surface area contributed by atoms with Crippen LogP contribution >= 0.6 is 0 Å². The number of aromatic nitrogens is 1. The van der Waals surface area contributed by atoms with Crippen molar-refractivity contribution in [3.05, 3.63) is 34.7 Å². The minimum Gasteiger partial charge on any atom is -0.316 e. The van der Waals surface area contributed by atoms with Gasteiger partial charge in [0, 0.05) is 0 Å². The van der Waals surface area contributed by atoms with Crippen molar-refractivity contribution in [2.75, 3.05) is 5.84 Å². The third kappa shape index (κ3) is 0.724. The van der Waals surface area contributed by atoms with Gasteiger partial charge in [-0.1, -0.05) is 12.1 Å². The Bertz CT molecular complexity index is 441. The van der Waals surface area contributed by atoms with Gasteiger partial charge in [-0.15, -0.1) is 4.85 Å². The standard InChI is InChI=1S/C7H6N2O2/c8-9-6-4-2-1-3-5(6)7(10)11-9/h1-4H,8H2. The maximum absolute atomic E-state index is 10.9. The van der Waals surface area contributed by atoms with Gasteiger partial charge >= 0.3 is 5.63 Å². The van der Waals surface area contributed by atoms with Crippen LogP contribution in [-0.4, -0.2) is 4.85 Å². The van der Waals surface area contributed by atoms with E-state index in [0.29, 0.717) is 10.9 Å². The molecular formula is C7H6N2O2. The van der Waals surface area contributed by atoms with E-state index in [-0.39, 0.29) is 0 Å². The van der Waals surface area contributed by atoms with E-state index < -0.39 is 5.63 Å². The summed E-state index contributed by atoms with van der Waals surface area (Å²) in [6.45, 7) is 0. The molecule has 0 unspecified atom stereocenters. The molecule has 0 aliphatic carbocycles. The van der Waals surface area contributed by atoms with Crippen LogP contribution in [0.1, 0.15) is 0 Å². The van der Waals surface area contributed by atoms with Crippen LogP contribution in [0, 0.1) is 0 Å². The van der Waals surface area contributed by atoms with Gasteiger partial charge in [0.2, 0.25) is 0 Å². The van der Waals surface area contributed by atoms with Gasteiger partial charge in [0.25, 0.3) is 0 Å². The molecule has 4 nitrogen and oxygen atoms in total. The molecule has 0 saturated carbocycles. The zero-order valence-electron chi connectivity index (χ0n) is 5.65. The fourth-order valence-corrected chi connectivity index (χ4v) is 1.03. The highest BCUT2D eigenvalue weighted by molar-refractivity contribution is 5.77. The first-order valence-corrected chi connectivity index (χ1v) is 3.15. The molecule has 0 saturated heterocycles. The van der Waals surface area contributed by atoms with Gasteiger partial charge in [-0.25, -0.2) is 4.79 Å². The van der Waals surface area contributed by atoms with Gasteiger partial charge in [0.15, 0.2) is 0 Å². The van der Waals surface area contributed by atoms with Crippen molar-refractivity contribution >= 4 is 10.9 Å². The minimum absolute atomic E-state index is 0.400. The quantitative estimate of drug-likeness (QED) is 0.549. The summed E-state index contributed by atoms with van der Waals surface area (Å²) in [6.07, 6.45) is 0. The monoisotopic (exact) mass is 150 g/mol. The van der Waals surface area contributed by atoms with Crippen LogP contribution in [-0.2, 0) is 0 Å². The van der Waals surface area contributed by atoms with Crippen molar-refractivity contribution in [2.24, 2.45) is 0 Å². The molecule has 0 aliphatic rings. The summed E-state index contributed by atoms with van der Waals surface area (Å²) in [5.41, 5.74) is 0.209. The number of para-hydroxylation sites is 1. The average Bonchev–Trinajstić information content (AvgIpc) is 2.30. The number of benzene rings is 1. The van der Waals surface area contributed by atoms with Gasteiger partial charge in [-0.2, -0.15) is 0 Å². The third-order valence-corrected chi connectivity index (χ3v) is 1.54. The molecule has 0 atom stereocenters. The van der Waals surface area contributed by atoms with Crippen LogP contribution in [0.4, 0.5) is 0 Å². The molecule has 0 fully saturated rings. The Morgan fingerprint density at radius 1 is 1.36 bits per heavy atom. The van der Waals surface area contributed by atoms with E-state index in [0.717, 1.165) is 4.85 Å². The van der Waals surface area contributed by atoms with Crippen LogP contribution in [0.25, 0.3) is 10.9 Å². The number of nitrogens with two attached hydrogens (primary N) is 1. The summed E-state index contributed by atoms with van der Waals surface area (Å²) >= 11 is 0. The molecule has 0 spiro atoms. The topological polar surface area (TPSA) is 61.2 Å². The van der Waals surface area contributed by atoms with Crippen molar-refractivity contribution in [1.82, 2.24) is 4.85 Å². The maximum Gasteiger partial charge on any atom is 0.367 e. The Morgan fingerprint density at radius 2 is 2.09 bits per heavy atom. The molecule has 0 bridgehead atoms. The Labute approximate surface area is 61.8 Å². The first kappa shape index (κ1) is 6.03. The van der Waals surface area contributed by atoms with E-state index in [2.05, 4.69) is 4.52 Å². The first-order chi connectivity index (χ1) is 5.29. The normalized spacial score (nSPS) is 10.5. The van der Waals surface area contributed by atoms with Gasteiger partial charge < -0.3 is 10.4 Å². The lowest BCUT2D eigenvalue weighted by atomic mass is 10.3. The summed E-state index contributed by atoms with van der Waals surface area (Å²) in [4.78, 5) is 11.9. The Kier molecular flexibility index (Phi) is 1.03. The fraction of sp³-hybridized carbons (Fsp3) is 0. The smallest absolute Gasteiger partial charge is 0.316 e. The second-order valence-corrected chi connectivity index (χ2v) is 2.22. The molecule has 0 amide bonds. The third-order valence-electron chi connectivity index (χ3n) is 1.54. The van der Waals surface area contributed by atoms with Crippen LogP contribution in [0.2, 0.25) is 0 Å². The Hall–Kier alpha value is -1.71. The lowest BCUT2D eigenvalue weighted by Gasteiger charge is -1.88. The van der Waals surface area contributed by atoms with E-state index >= 15 is 0 Å². The van der Waals surface area contributed by atoms with E-state index in [9.17, 15) is 4.79 Å². The van der Waals surface area contributed by atoms with Crippen molar-refractivity contribution in [2.45, 2.75) is 0 Å². The summed E-state index contributed by atoms with van der Waals surface area (Å²) in [5, 5.41) is 0.509. The second kappa shape index (κ2) is 1.88. The van der Waals surface area contributed by atoms with E-state index in [1.165, 1.54) is 0 Å². The first-order valence-electron chi connectivity index (χ1n) is 3.15. The van der Waals surface area contributed by atoms with E-state index in [4.69, 9.17) is 5.84 Å². The van der Waals surface area contributed by atoms with Crippen LogP contribution in [0.3, 0.4) is 0 Å². The Morgan fingerprint density at radius 3 is 2.82 bits per heavy atom. The van der Waals surface area contributed by atoms with Gasteiger partial charge in [-0.3, -0.25) is 0 Å². The zero-order chi connectivity index (χ0) is 7.84. The molecule has 4 heteroatoms. The lowest BCUT2D eigenvalue weighted by molar-refractivity contribution is 0.315. The predicted octanol–water partition coefficient (Wildman–Crippen LogP) is 0.308. The molecular weight excluding hydrogens is 144 g/mol. The molecule has 2 rings (SSSR count). The van der Waals surface area contributed by atoms with Gasteiger partial charge in [0.05, 0.1) is 5.39 Å². The zero-order valence-corrected chi connectivity index (χ0v) is 5.65. The molecule has 2 N–H and O–H groups in total. The largest absolute Gasteiger partial charge is 0.367 e. The number of rotatable bonds is 0. The molecule has 11 heavy (non-hydrogen) atoms. The molecule has 2 aromatic rings. The molecule has 56 valence electrons. The maximum atomic E-state index is 10.9. The second-order valence-electron chi connectivity index (χ2n) is 2.22.